The van der Waals surface area contributed by atoms with Crippen LogP contribution in [0.25, 0.3) is 0 Å². The highest BCUT2D eigenvalue weighted by atomic mass is 19.1. The van der Waals surface area contributed by atoms with E-state index in [9.17, 15) is 8.78 Å². The predicted octanol–water partition coefficient (Wildman–Crippen LogP) is 4.59. The number of rotatable bonds is 6. The number of hydrogen-bond donors (Lipinski definition) is 1. The van der Waals surface area contributed by atoms with E-state index in [4.69, 9.17) is 0 Å². The first kappa shape index (κ1) is 14.4. The maximum atomic E-state index is 13.3. The van der Waals surface area contributed by atoms with E-state index in [-0.39, 0.29) is 6.04 Å². The maximum Gasteiger partial charge on any atom is 0.126 e. The summed E-state index contributed by atoms with van der Waals surface area (Å²) in [6.45, 7) is 2.84. The highest BCUT2D eigenvalue weighted by Crippen LogP contribution is 2.31. The summed E-state index contributed by atoms with van der Waals surface area (Å²) in [5, 5.41) is 3.34. The van der Waals surface area contributed by atoms with Gasteiger partial charge >= 0.3 is 0 Å². The molecule has 1 aromatic carbocycles. The topological polar surface area (TPSA) is 12.0 Å². The Kier molecular flexibility index (Phi) is 5.32. The van der Waals surface area contributed by atoms with Gasteiger partial charge in [0.2, 0.25) is 0 Å². The molecule has 0 saturated heterocycles. The van der Waals surface area contributed by atoms with Crippen LogP contribution in [0.2, 0.25) is 0 Å². The van der Waals surface area contributed by atoms with Crippen LogP contribution in [-0.4, -0.2) is 6.54 Å². The molecule has 0 radical (unpaired) electrons. The van der Waals surface area contributed by atoms with E-state index in [1.54, 1.807) is 0 Å². The minimum absolute atomic E-state index is 0.0656. The van der Waals surface area contributed by atoms with Crippen molar-refractivity contribution in [3.8, 4) is 0 Å². The highest BCUT2D eigenvalue weighted by Gasteiger charge is 2.18. The molecule has 0 amide bonds. The zero-order chi connectivity index (χ0) is 13.7. The summed E-state index contributed by atoms with van der Waals surface area (Å²) in [4.78, 5) is 0. The van der Waals surface area contributed by atoms with Crippen molar-refractivity contribution in [3.63, 3.8) is 0 Å². The van der Waals surface area contributed by atoms with Gasteiger partial charge in [-0.1, -0.05) is 32.6 Å². The molecular formula is C16H23F2N. The normalized spacial score (nSPS) is 17.8. The Morgan fingerprint density at radius 2 is 1.79 bits per heavy atom. The molecule has 1 aromatic rings. The van der Waals surface area contributed by atoms with E-state index in [0.29, 0.717) is 0 Å². The summed E-state index contributed by atoms with van der Waals surface area (Å²) in [7, 11) is 0. The summed E-state index contributed by atoms with van der Waals surface area (Å²) in [5.41, 5.74) is 0.734. The van der Waals surface area contributed by atoms with Gasteiger partial charge in [-0.25, -0.2) is 8.78 Å². The first-order valence-electron chi connectivity index (χ1n) is 7.38. The zero-order valence-corrected chi connectivity index (χ0v) is 11.6. The number of halogens is 2. The van der Waals surface area contributed by atoms with Gasteiger partial charge in [-0.3, -0.25) is 0 Å². The van der Waals surface area contributed by atoms with Gasteiger partial charge in [0, 0.05) is 12.1 Å². The van der Waals surface area contributed by atoms with E-state index >= 15 is 0 Å². The quantitative estimate of drug-likeness (QED) is 0.795. The number of hydrogen-bond acceptors (Lipinski definition) is 1. The lowest BCUT2D eigenvalue weighted by molar-refractivity contribution is 0.414. The summed E-state index contributed by atoms with van der Waals surface area (Å²) in [6.07, 6.45) is 7.42. The van der Waals surface area contributed by atoms with E-state index in [2.05, 4.69) is 5.32 Å². The van der Waals surface area contributed by atoms with Crippen LogP contribution in [0.1, 0.15) is 57.1 Å². The molecule has 1 N–H and O–H groups in total. The number of benzene rings is 1. The Labute approximate surface area is 114 Å². The molecule has 1 saturated carbocycles. The van der Waals surface area contributed by atoms with Crippen LogP contribution in [0.15, 0.2) is 18.2 Å². The maximum absolute atomic E-state index is 13.3. The Morgan fingerprint density at radius 1 is 1.16 bits per heavy atom. The third kappa shape index (κ3) is 4.27. The molecule has 0 heterocycles. The monoisotopic (exact) mass is 267 g/mol. The lowest BCUT2D eigenvalue weighted by atomic mass is 9.94. The van der Waals surface area contributed by atoms with Crippen molar-refractivity contribution < 1.29 is 8.78 Å². The molecule has 1 fully saturated rings. The second-order valence-corrected chi connectivity index (χ2v) is 5.54. The van der Waals surface area contributed by atoms with Crippen molar-refractivity contribution >= 4 is 0 Å². The lowest BCUT2D eigenvalue weighted by Gasteiger charge is -2.20. The van der Waals surface area contributed by atoms with Gasteiger partial charge in [0.25, 0.3) is 0 Å². The molecule has 1 nitrogen and oxygen atoms in total. The van der Waals surface area contributed by atoms with Crippen LogP contribution in [0.5, 0.6) is 0 Å². The zero-order valence-electron chi connectivity index (χ0n) is 11.6. The van der Waals surface area contributed by atoms with Gasteiger partial charge in [-0.15, -0.1) is 0 Å². The van der Waals surface area contributed by atoms with Gasteiger partial charge in [-0.05, 0) is 43.0 Å². The van der Waals surface area contributed by atoms with E-state index in [0.717, 1.165) is 36.9 Å². The third-order valence-corrected chi connectivity index (χ3v) is 4.08. The molecular weight excluding hydrogens is 244 g/mol. The Balaban J connectivity index is 2.00. The molecule has 1 aliphatic rings. The molecule has 1 unspecified atom stereocenters. The van der Waals surface area contributed by atoms with E-state index < -0.39 is 11.6 Å². The predicted molar refractivity (Wildman–Crippen MR) is 74.0 cm³/mol. The summed E-state index contributed by atoms with van der Waals surface area (Å²) in [5.74, 6) is -0.169. The fourth-order valence-corrected chi connectivity index (χ4v) is 3.11. The van der Waals surface area contributed by atoms with Gasteiger partial charge in [0.05, 0.1) is 0 Å². The van der Waals surface area contributed by atoms with Crippen LogP contribution >= 0.6 is 0 Å². The van der Waals surface area contributed by atoms with Crippen LogP contribution in [-0.2, 0) is 0 Å². The average Bonchev–Trinajstić information content (AvgIpc) is 2.86. The van der Waals surface area contributed by atoms with Crippen molar-refractivity contribution in [1.82, 2.24) is 5.32 Å². The molecule has 0 spiro atoms. The molecule has 19 heavy (non-hydrogen) atoms. The fourth-order valence-electron chi connectivity index (χ4n) is 3.11. The minimum atomic E-state index is -0.487. The van der Waals surface area contributed by atoms with Gasteiger partial charge in [0.15, 0.2) is 0 Å². The van der Waals surface area contributed by atoms with E-state index in [1.807, 2.05) is 6.92 Å². The van der Waals surface area contributed by atoms with Gasteiger partial charge < -0.3 is 5.32 Å². The first-order chi connectivity index (χ1) is 9.19. The standard InChI is InChI=1S/C16H23F2N/c1-2-19-16(8-7-12-5-3-4-6-12)13-9-14(17)11-15(18)10-13/h9-12,16,19H,2-8H2,1H3. The summed E-state index contributed by atoms with van der Waals surface area (Å²) >= 11 is 0. The number of nitrogens with one attached hydrogen (secondary N) is 1. The average molecular weight is 267 g/mol. The van der Waals surface area contributed by atoms with Crippen molar-refractivity contribution in [2.24, 2.45) is 5.92 Å². The van der Waals surface area contributed by atoms with Gasteiger partial charge in [0.1, 0.15) is 11.6 Å². The minimum Gasteiger partial charge on any atom is -0.310 e. The van der Waals surface area contributed by atoms with Crippen molar-refractivity contribution in [1.29, 1.82) is 0 Å². The molecule has 0 aliphatic heterocycles. The van der Waals surface area contributed by atoms with Crippen LogP contribution in [0.4, 0.5) is 8.78 Å². The van der Waals surface area contributed by atoms with Gasteiger partial charge in [-0.2, -0.15) is 0 Å². The van der Waals surface area contributed by atoms with Crippen molar-refractivity contribution in [2.45, 2.75) is 51.5 Å². The third-order valence-electron chi connectivity index (χ3n) is 4.08. The van der Waals surface area contributed by atoms with Crippen molar-refractivity contribution in [2.75, 3.05) is 6.54 Å². The largest absolute Gasteiger partial charge is 0.310 e. The SMILES string of the molecule is CCNC(CCC1CCCC1)c1cc(F)cc(F)c1. The van der Waals surface area contributed by atoms with Crippen LogP contribution in [0.3, 0.4) is 0 Å². The molecule has 1 aliphatic carbocycles. The molecule has 106 valence electrons. The fraction of sp³-hybridized carbons (Fsp3) is 0.625. The Bertz CT molecular complexity index is 379. The van der Waals surface area contributed by atoms with Crippen LogP contribution in [0, 0.1) is 17.6 Å². The van der Waals surface area contributed by atoms with Crippen molar-refractivity contribution in [3.05, 3.63) is 35.4 Å². The smallest absolute Gasteiger partial charge is 0.126 e. The summed E-state index contributed by atoms with van der Waals surface area (Å²) < 4.78 is 26.6. The Hall–Kier alpha value is -0.960. The Morgan fingerprint density at radius 3 is 2.37 bits per heavy atom. The molecule has 1 atom stereocenters. The molecule has 0 bridgehead atoms. The molecule has 3 heteroatoms. The van der Waals surface area contributed by atoms with E-state index in [1.165, 1.54) is 37.8 Å². The first-order valence-corrected chi connectivity index (χ1v) is 7.38. The van der Waals surface area contributed by atoms with Crippen LogP contribution < -0.4 is 5.32 Å². The second-order valence-electron chi connectivity index (χ2n) is 5.54. The summed E-state index contributed by atoms with van der Waals surface area (Å²) in [6, 6.07) is 3.90. The molecule has 0 aromatic heterocycles. The lowest BCUT2D eigenvalue weighted by Crippen LogP contribution is -2.21. The second kappa shape index (κ2) is 6.99. The molecule has 2 rings (SSSR count). The highest BCUT2D eigenvalue weighted by molar-refractivity contribution is 5.21.